The normalized spacial score (nSPS) is 18.0. The van der Waals surface area contributed by atoms with Crippen molar-refractivity contribution in [3.63, 3.8) is 0 Å². The molecule has 0 aliphatic carbocycles. The molecule has 1 fully saturated rings. The van der Waals surface area contributed by atoms with Gasteiger partial charge in [-0.15, -0.1) is 0 Å². The molecule has 3 rings (SSSR count). The molecule has 2 unspecified atom stereocenters. The fraction of sp³-hybridized carbons (Fsp3) is 0.381. The molecule has 2 N–H and O–H groups in total. The lowest BCUT2D eigenvalue weighted by atomic mass is 9.94. The Morgan fingerprint density at radius 2 is 2.07 bits per heavy atom. The fourth-order valence-electron chi connectivity index (χ4n) is 3.50. The molecule has 1 aromatic heterocycles. The van der Waals surface area contributed by atoms with Crippen LogP contribution in [0, 0.1) is 0 Å². The van der Waals surface area contributed by atoms with E-state index in [-0.39, 0.29) is 23.6 Å². The lowest BCUT2D eigenvalue weighted by molar-refractivity contribution is -0.135. The third-order valence-corrected chi connectivity index (χ3v) is 4.88. The number of amides is 2. The summed E-state index contributed by atoms with van der Waals surface area (Å²) in [6.45, 7) is 3.32. The first-order valence-electron chi connectivity index (χ1n) is 9.34. The molecule has 2 atom stereocenters. The van der Waals surface area contributed by atoms with E-state index in [2.05, 4.69) is 4.98 Å². The van der Waals surface area contributed by atoms with Gasteiger partial charge in [-0.25, -0.2) is 0 Å². The van der Waals surface area contributed by atoms with E-state index in [4.69, 9.17) is 10.5 Å². The number of carbonyl (C=O) groups excluding carboxylic acids is 2. The monoisotopic (exact) mass is 367 g/mol. The zero-order valence-corrected chi connectivity index (χ0v) is 15.5. The van der Waals surface area contributed by atoms with Crippen LogP contribution in [0.3, 0.4) is 0 Å². The molecular formula is C21H25N3O3. The topological polar surface area (TPSA) is 85.5 Å². The number of likely N-dealkylation sites (tertiary alicyclic amines) is 1. The molecular weight excluding hydrogens is 342 g/mol. The summed E-state index contributed by atoms with van der Waals surface area (Å²) in [6.07, 6.45) is 3.90. The largest absolute Gasteiger partial charge is 0.488 e. The molecule has 0 spiro atoms. The average Bonchev–Trinajstić information content (AvgIpc) is 2.70. The van der Waals surface area contributed by atoms with Crippen LogP contribution in [0.1, 0.15) is 48.2 Å². The molecule has 142 valence electrons. The number of hydrogen-bond acceptors (Lipinski definition) is 4. The number of nitrogens with two attached hydrogens (primary N) is 1. The highest BCUT2D eigenvalue weighted by Crippen LogP contribution is 2.25. The van der Waals surface area contributed by atoms with Crippen LogP contribution in [0.2, 0.25) is 0 Å². The summed E-state index contributed by atoms with van der Waals surface area (Å²) in [7, 11) is 0. The maximum atomic E-state index is 13.1. The first-order valence-corrected chi connectivity index (χ1v) is 9.34. The van der Waals surface area contributed by atoms with Gasteiger partial charge in [0.2, 0.25) is 5.91 Å². The van der Waals surface area contributed by atoms with Crippen LogP contribution >= 0.6 is 0 Å². The number of piperidine rings is 1. The zero-order valence-electron chi connectivity index (χ0n) is 15.5. The zero-order chi connectivity index (χ0) is 19.2. The van der Waals surface area contributed by atoms with Gasteiger partial charge in [-0.3, -0.25) is 14.6 Å². The highest BCUT2D eigenvalue weighted by Gasteiger charge is 2.29. The van der Waals surface area contributed by atoms with E-state index in [0.717, 1.165) is 31.4 Å². The molecule has 1 aliphatic heterocycles. The van der Waals surface area contributed by atoms with Gasteiger partial charge in [0.05, 0.1) is 12.5 Å². The minimum Gasteiger partial charge on any atom is -0.488 e. The molecule has 6 heteroatoms. The predicted molar refractivity (Wildman–Crippen MR) is 102 cm³/mol. The number of aromatic nitrogens is 1. The summed E-state index contributed by atoms with van der Waals surface area (Å²) < 4.78 is 6.00. The van der Waals surface area contributed by atoms with Gasteiger partial charge in [0.25, 0.3) is 5.91 Å². The lowest BCUT2D eigenvalue weighted by Crippen LogP contribution is -2.46. The van der Waals surface area contributed by atoms with Crippen LogP contribution in [0.4, 0.5) is 0 Å². The first-order chi connectivity index (χ1) is 13.1. The van der Waals surface area contributed by atoms with Crippen molar-refractivity contribution < 1.29 is 14.3 Å². The summed E-state index contributed by atoms with van der Waals surface area (Å²) in [5.41, 5.74) is 6.49. The van der Waals surface area contributed by atoms with E-state index in [1.807, 2.05) is 42.2 Å². The maximum Gasteiger partial charge on any atom is 0.267 e. The van der Waals surface area contributed by atoms with E-state index in [0.29, 0.717) is 12.3 Å². The molecule has 6 nitrogen and oxygen atoms in total. The average molecular weight is 367 g/mol. The van der Waals surface area contributed by atoms with Crippen LogP contribution < -0.4 is 10.5 Å². The minimum atomic E-state index is -0.588. The Labute approximate surface area is 159 Å². The third-order valence-electron chi connectivity index (χ3n) is 4.88. The number of rotatable bonds is 6. The van der Waals surface area contributed by atoms with Gasteiger partial charge < -0.3 is 15.4 Å². The van der Waals surface area contributed by atoms with Crippen LogP contribution in [0.15, 0.2) is 48.7 Å². The van der Waals surface area contributed by atoms with Crippen molar-refractivity contribution in [3.8, 4) is 5.75 Å². The van der Waals surface area contributed by atoms with Crippen LogP contribution in [0.25, 0.3) is 0 Å². The quantitative estimate of drug-likeness (QED) is 0.851. The molecule has 27 heavy (non-hydrogen) atoms. The van der Waals surface area contributed by atoms with Crippen LogP contribution in [-0.2, 0) is 4.79 Å². The molecule has 2 heterocycles. The summed E-state index contributed by atoms with van der Waals surface area (Å²) in [6, 6.07) is 13.1. The molecule has 0 bridgehead atoms. The number of carbonyl (C=O) groups is 2. The summed E-state index contributed by atoms with van der Waals surface area (Å²) >= 11 is 0. The number of hydrogen-bond donors (Lipinski definition) is 1. The van der Waals surface area contributed by atoms with Gasteiger partial charge in [-0.05, 0) is 30.9 Å². The van der Waals surface area contributed by atoms with E-state index in [9.17, 15) is 9.59 Å². The van der Waals surface area contributed by atoms with Crippen molar-refractivity contribution in [2.45, 2.75) is 38.2 Å². The first kappa shape index (κ1) is 18.9. The van der Waals surface area contributed by atoms with Crippen molar-refractivity contribution >= 4 is 11.8 Å². The molecule has 2 amide bonds. The maximum absolute atomic E-state index is 13.1. The standard InChI is InChI=1S/C21H25N3O3/c1-2-18(15-7-4-3-5-8-15)21(26)24-12-6-9-17(14-24)27-16-10-11-23-19(13-16)20(22)25/h3-5,7-8,10-11,13,17-18H,2,6,9,12,14H2,1H3,(H2,22,25). The Morgan fingerprint density at radius 3 is 2.78 bits per heavy atom. The molecule has 2 aromatic rings. The molecule has 0 saturated carbocycles. The number of primary amides is 1. The van der Waals surface area contributed by atoms with Gasteiger partial charge >= 0.3 is 0 Å². The lowest BCUT2D eigenvalue weighted by Gasteiger charge is -2.35. The smallest absolute Gasteiger partial charge is 0.267 e. The highest BCUT2D eigenvalue weighted by atomic mass is 16.5. The number of ether oxygens (including phenoxy) is 1. The summed E-state index contributed by atoms with van der Waals surface area (Å²) in [5.74, 6) is -0.0281. The van der Waals surface area contributed by atoms with Crippen molar-refractivity contribution in [3.05, 3.63) is 59.9 Å². The van der Waals surface area contributed by atoms with Gasteiger partial charge in [0.1, 0.15) is 17.5 Å². The molecule has 0 radical (unpaired) electrons. The highest BCUT2D eigenvalue weighted by molar-refractivity contribution is 5.91. The second-order valence-corrected chi connectivity index (χ2v) is 6.78. The molecule has 1 aromatic carbocycles. The van der Waals surface area contributed by atoms with E-state index >= 15 is 0 Å². The number of nitrogens with zero attached hydrogens (tertiary/aromatic N) is 2. The Kier molecular flexibility index (Phi) is 6.06. The van der Waals surface area contributed by atoms with Crippen molar-refractivity contribution in [1.82, 2.24) is 9.88 Å². The Balaban J connectivity index is 1.67. The van der Waals surface area contributed by atoms with Gasteiger partial charge in [-0.1, -0.05) is 37.3 Å². The van der Waals surface area contributed by atoms with Gasteiger partial charge in [0.15, 0.2) is 0 Å². The van der Waals surface area contributed by atoms with Crippen molar-refractivity contribution in [2.75, 3.05) is 13.1 Å². The predicted octanol–water partition coefficient (Wildman–Crippen LogP) is 2.74. The van der Waals surface area contributed by atoms with Crippen LogP contribution in [0.5, 0.6) is 5.75 Å². The molecule has 1 aliphatic rings. The van der Waals surface area contributed by atoms with Crippen LogP contribution in [-0.4, -0.2) is 40.9 Å². The van der Waals surface area contributed by atoms with Crippen molar-refractivity contribution in [2.24, 2.45) is 5.73 Å². The number of benzene rings is 1. The Hall–Kier alpha value is -2.89. The van der Waals surface area contributed by atoms with E-state index in [1.54, 1.807) is 12.1 Å². The SMILES string of the molecule is CCC(C(=O)N1CCCC(Oc2ccnc(C(N)=O)c2)C1)c1ccccc1. The van der Waals surface area contributed by atoms with Gasteiger partial charge in [0, 0.05) is 18.8 Å². The Morgan fingerprint density at radius 1 is 1.30 bits per heavy atom. The number of pyridine rings is 1. The van der Waals surface area contributed by atoms with Gasteiger partial charge in [-0.2, -0.15) is 0 Å². The minimum absolute atomic E-state index is 0.112. The van der Waals surface area contributed by atoms with E-state index < -0.39 is 5.91 Å². The fourth-order valence-corrected chi connectivity index (χ4v) is 3.50. The summed E-state index contributed by atoms with van der Waals surface area (Å²) in [5, 5.41) is 0. The van der Waals surface area contributed by atoms with Crippen molar-refractivity contribution in [1.29, 1.82) is 0 Å². The second kappa shape index (κ2) is 8.66. The third kappa shape index (κ3) is 4.64. The second-order valence-electron chi connectivity index (χ2n) is 6.78. The van der Waals surface area contributed by atoms with E-state index in [1.165, 1.54) is 6.20 Å². The Bertz CT molecular complexity index is 794. The summed E-state index contributed by atoms with van der Waals surface area (Å²) in [4.78, 5) is 30.2. The molecule has 1 saturated heterocycles.